The van der Waals surface area contributed by atoms with Gasteiger partial charge in [-0.1, -0.05) is 6.42 Å². The van der Waals surface area contributed by atoms with E-state index in [4.69, 9.17) is 0 Å². The van der Waals surface area contributed by atoms with Gasteiger partial charge in [-0.25, -0.2) is 9.97 Å². The van der Waals surface area contributed by atoms with Crippen LogP contribution in [0.2, 0.25) is 0 Å². The second kappa shape index (κ2) is 5.15. The molecule has 2 unspecified atom stereocenters. The predicted molar refractivity (Wildman–Crippen MR) is 72.9 cm³/mol. The molecule has 3 rings (SSSR count). The van der Waals surface area contributed by atoms with Gasteiger partial charge < -0.3 is 10.2 Å². The molecule has 1 amide bonds. The third kappa shape index (κ3) is 2.41. The highest BCUT2D eigenvalue weighted by Crippen LogP contribution is 2.37. The zero-order valence-corrected chi connectivity index (χ0v) is 11.3. The summed E-state index contributed by atoms with van der Waals surface area (Å²) in [4.78, 5) is 22.7. The van der Waals surface area contributed by atoms with Gasteiger partial charge in [0.2, 0.25) is 0 Å². The number of likely N-dealkylation sites (tertiary alicyclic amines) is 1. The van der Waals surface area contributed by atoms with Crippen molar-refractivity contribution in [3.05, 3.63) is 18.1 Å². The summed E-state index contributed by atoms with van der Waals surface area (Å²) in [5, 5.41) is 3.08. The normalized spacial score (nSPS) is 25.4. The lowest BCUT2D eigenvalue weighted by Gasteiger charge is -2.16. The quantitative estimate of drug-likeness (QED) is 0.900. The van der Waals surface area contributed by atoms with E-state index in [0.29, 0.717) is 5.69 Å². The lowest BCUT2D eigenvalue weighted by atomic mass is 10.0. The minimum atomic E-state index is 0.0324. The molecule has 1 N–H and O–H groups in total. The summed E-state index contributed by atoms with van der Waals surface area (Å²) >= 11 is 0. The van der Waals surface area contributed by atoms with E-state index in [1.54, 1.807) is 12.4 Å². The first-order chi connectivity index (χ1) is 9.28. The first kappa shape index (κ1) is 12.4. The van der Waals surface area contributed by atoms with Crippen molar-refractivity contribution in [3.8, 4) is 0 Å². The number of nitrogens with one attached hydrogen (secondary N) is 1. The third-order valence-electron chi connectivity index (χ3n) is 4.24. The fourth-order valence-electron chi connectivity index (χ4n) is 3.27. The van der Waals surface area contributed by atoms with Crippen molar-refractivity contribution in [2.24, 2.45) is 11.8 Å². The maximum atomic E-state index is 12.4. The molecule has 19 heavy (non-hydrogen) atoms. The summed E-state index contributed by atoms with van der Waals surface area (Å²) in [6.45, 7) is 4.61. The Hall–Kier alpha value is -1.65. The number of hydrogen-bond acceptors (Lipinski definition) is 4. The highest BCUT2D eigenvalue weighted by molar-refractivity contribution is 5.92. The molecule has 1 saturated heterocycles. The highest BCUT2D eigenvalue weighted by Gasteiger charge is 2.38. The van der Waals surface area contributed by atoms with Crippen LogP contribution < -0.4 is 5.32 Å². The molecular formula is C14H20N4O. The van der Waals surface area contributed by atoms with Crippen LogP contribution in [0.1, 0.15) is 36.7 Å². The summed E-state index contributed by atoms with van der Waals surface area (Å²) in [5.74, 6) is 2.19. The zero-order valence-electron chi connectivity index (χ0n) is 11.3. The van der Waals surface area contributed by atoms with Gasteiger partial charge in [0.05, 0.1) is 12.4 Å². The molecule has 0 bridgehead atoms. The standard InChI is InChI=1S/C14H20N4O/c1-2-15-13-7-16-12(6-17-13)14(19)18-8-10-4-3-5-11(10)9-18/h6-7,10-11H,2-5,8-9H2,1H3,(H,15,17). The number of carbonyl (C=O) groups is 1. The van der Waals surface area contributed by atoms with Gasteiger partial charge in [0.15, 0.2) is 0 Å². The number of amides is 1. The molecule has 1 aromatic heterocycles. The number of hydrogen-bond donors (Lipinski definition) is 1. The van der Waals surface area contributed by atoms with Crippen molar-refractivity contribution in [1.29, 1.82) is 0 Å². The molecule has 5 heteroatoms. The van der Waals surface area contributed by atoms with E-state index in [2.05, 4.69) is 15.3 Å². The van der Waals surface area contributed by atoms with Crippen molar-refractivity contribution < 1.29 is 4.79 Å². The molecular weight excluding hydrogens is 240 g/mol. The molecule has 0 aromatic carbocycles. The molecule has 5 nitrogen and oxygen atoms in total. The molecule has 2 heterocycles. The molecule has 102 valence electrons. The lowest BCUT2D eigenvalue weighted by molar-refractivity contribution is 0.0774. The summed E-state index contributed by atoms with van der Waals surface area (Å²) in [6, 6.07) is 0. The van der Waals surface area contributed by atoms with Gasteiger partial charge in [-0.2, -0.15) is 0 Å². The molecule has 1 aliphatic carbocycles. The Kier molecular flexibility index (Phi) is 3.36. The molecule has 0 spiro atoms. The number of rotatable bonds is 3. The summed E-state index contributed by atoms with van der Waals surface area (Å²) in [6.07, 6.45) is 7.09. The minimum absolute atomic E-state index is 0.0324. The maximum absolute atomic E-state index is 12.4. The van der Waals surface area contributed by atoms with Gasteiger partial charge in [0.1, 0.15) is 11.5 Å². The van der Waals surface area contributed by atoms with Crippen molar-refractivity contribution in [3.63, 3.8) is 0 Å². The maximum Gasteiger partial charge on any atom is 0.274 e. The predicted octanol–water partition coefficient (Wildman–Crippen LogP) is 1.78. The Balaban J connectivity index is 1.67. The Bertz CT molecular complexity index is 447. The van der Waals surface area contributed by atoms with Gasteiger partial charge in [-0.3, -0.25) is 4.79 Å². The van der Waals surface area contributed by atoms with Crippen LogP contribution in [0.25, 0.3) is 0 Å². The minimum Gasteiger partial charge on any atom is -0.369 e. The molecule has 1 aliphatic heterocycles. The second-order valence-corrected chi connectivity index (χ2v) is 5.48. The highest BCUT2D eigenvalue weighted by atomic mass is 16.2. The number of aromatic nitrogens is 2. The Morgan fingerprint density at radius 1 is 1.32 bits per heavy atom. The molecule has 1 saturated carbocycles. The van der Waals surface area contributed by atoms with Gasteiger partial charge in [0.25, 0.3) is 5.91 Å². The Morgan fingerprint density at radius 2 is 2.05 bits per heavy atom. The van der Waals surface area contributed by atoms with Crippen molar-refractivity contribution in [2.45, 2.75) is 26.2 Å². The number of carbonyl (C=O) groups excluding carboxylic acids is 1. The molecule has 0 radical (unpaired) electrons. The van der Waals surface area contributed by atoms with Gasteiger partial charge in [-0.15, -0.1) is 0 Å². The SMILES string of the molecule is CCNc1cnc(C(=O)N2CC3CCCC3C2)cn1. The molecule has 2 atom stereocenters. The van der Waals surface area contributed by atoms with Crippen molar-refractivity contribution in [1.82, 2.24) is 14.9 Å². The Morgan fingerprint density at radius 3 is 2.63 bits per heavy atom. The van der Waals surface area contributed by atoms with E-state index >= 15 is 0 Å². The zero-order chi connectivity index (χ0) is 13.2. The van der Waals surface area contributed by atoms with Crippen molar-refractivity contribution >= 4 is 11.7 Å². The molecule has 1 aromatic rings. The monoisotopic (exact) mass is 260 g/mol. The van der Waals surface area contributed by atoms with E-state index in [1.807, 2.05) is 11.8 Å². The molecule has 2 fully saturated rings. The topological polar surface area (TPSA) is 58.1 Å². The first-order valence-corrected chi connectivity index (χ1v) is 7.13. The fraction of sp³-hybridized carbons (Fsp3) is 0.643. The average molecular weight is 260 g/mol. The fourth-order valence-corrected chi connectivity index (χ4v) is 3.27. The van der Waals surface area contributed by atoms with E-state index in [-0.39, 0.29) is 5.91 Å². The van der Waals surface area contributed by atoms with E-state index in [0.717, 1.165) is 37.3 Å². The molecule has 2 aliphatic rings. The Labute approximate surface area is 113 Å². The largest absolute Gasteiger partial charge is 0.369 e. The summed E-state index contributed by atoms with van der Waals surface area (Å²) < 4.78 is 0. The van der Waals surface area contributed by atoms with Crippen LogP contribution >= 0.6 is 0 Å². The number of fused-ring (bicyclic) bond motifs is 1. The summed E-state index contributed by atoms with van der Waals surface area (Å²) in [7, 11) is 0. The second-order valence-electron chi connectivity index (χ2n) is 5.48. The number of nitrogens with zero attached hydrogens (tertiary/aromatic N) is 3. The van der Waals surface area contributed by atoms with Crippen LogP contribution in [0.15, 0.2) is 12.4 Å². The van der Waals surface area contributed by atoms with Crippen LogP contribution in [0.4, 0.5) is 5.82 Å². The third-order valence-corrected chi connectivity index (χ3v) is 4.24. The smallest absolute Gasteiger partial charge is 0.274 e. The van der Waals surface area contributed by atoms with Crippen LogP contribution in [0.3, 0.4) is 0 Å². The van der Waals surface area contributed by atoms with Gasteiger partial charge in [-0.05, 0) is 31.6 Å². The van der Waals surface area contributed by atoms with Gasteiger partial charge >= 0.3 is 0 Å². The van der Waals surface area contributed by atoms with E-state index in [1.165, 1.54) is 19.3 Å². The van der Waals surface area contributed by atoms with Crippen LogP contribution in [0, 0.1) is 11.8 Å². The van der Waals surface area contributed by atoms with Gasteiger partial charge in [0, 0.05) is 19.6 Å². The van der Waals surface area contributed by atoms with Crippen molar-refractivity contribution in [2.75, 3.05) is 25.0 Å². The number of anilines is 1. The lowest BCUT2D eigenvalue weighted by Crippen LogP contribution is -2.30. The summed E-state index contributed by atoms with van der Waals surface area (Å²) in [5.41, 5.74) is 0.460. The van der Waals surface area contributed by atoms with E-state index in [9.17, 15) is 4.79 Å². The van der Waals surface area contributed by atoms with E-state index < -0.39 is 0 Å². The van der Waals surface area contributed by atoms with Crippen LogP contribution in [-0.4, -0.2) is 40.4 Å². The van der Waals surface area contributed by atoms with Crippen LogP contribution in [-0.2, 0) is 0 Å². The van der Waals surface area contributed by atoms with Crippen LogP contribution in [0.5, 0.6) is 0 Å². The average Bonchev–Trinajstić information content (AvgIpc) is 3.00. The first-order valence-electron chi connectivity index (χ1n) is 7.13.